The summed E-state index contributed by atoms with van der Waals surface area (Å²) in [5, 5.41) is 2.69. The molecular weight excluding hydrogens is 290 g/mol. The van der Waals surface area contributed by atoms with Crippen molar-refractivity contribution in [3.8, 4) is 0 Å². The van der Waals surface area contributed by atoms with Crippen molar-refractivity contribution in [2.24, 2.45) is 17.3 Å². The minimum absolute atomic E-state index is 0.208. The van der Waals surface area contributed by atoms with Crippen molar-refractivity contribution < 1.29 is 14.3 Å². The Morgan fingerprint density at radius 2 is 1.90 bits per heavy atom. The van der Waals surface area contributed by atoms with E-state index in [1.54, 1.807) is 6.92 Å². The molecule has 0 aliphatic heterocycles. The second-order valence-corrected chi connectivity index (χ2v) is 8.14. The monoisotopic (exact) mass is 313 g/mol. The quantitative estimate of drug-likeness (QED) is 0.641. The van der Waals surface area contributed by atoms with Crippen LogP contribution in [-0.2, 0) is 14.3 Å². The molecule has 0 radical (unpaired) electrons. The molecule has 0 aromatic rings. The molecule has 21 heavy (non-hydrogen) atoms. The number of ether oxygens (including phenoxy) is 1. The molecular formula is C16H24ClNO3. The van der Waals surface area contributed by atoms with E-state index < -0.39 is 11.5 Å². The maximum Gasteiger partial charge on any atom is 0.312 e. The number of amides is 1. The topological polar surface area (TPSA) is 55.4 Å². The van der Waals surface area contributed by atoms with Crippen LogP contribution in [0.3, 0.4) is 0 Å². The number of likely N-dealkylation sites (N-methyl/N-ethyl adjacent to an activating group) is 1. The summed E-state index contributed by atoms with van der Waals surface area (Å²) in [7, 11) is 0. The molecule has 4 aliphatic carbocycles. The first kappa shape index (κ1) is 15.1. The number of carbonyl (C=O) groups is 2. The Kier molecular flexibility index (Phi) is 3.71. The molecule has 4 rings (SSSR count). The van der Waals surface area contributed by atoms with Gasteiger partial charge in [-0.3, -0.25) is 9.59 Å². The van der Waals surface area contributed by atoms with Crippen LogP contribution in [0.25, 0.3) is 0 Å². The van der Waals surface area contributed by atoms with Gasteiger partial charge in [-0.25, -0.2) is 0 Å². The number of hydrogen-bond donors (Lipinski definition) is 1. The lowest BCUT2D eigenvalue weighted by Gasteiger charge is -2.58. The fourth-order valence-electron chi connectivity index (χ4n) is 5.05. The Balaban J connectivity index is 1.71. The van der Waals surface area contributed by atoms with Gasteiger partial charge in [-0.05, 0) is 64.2 Å². The van der Waals surface area contributed by atoms with Crippen molar-refractivity contribution in [2.45, 2.75) is 63.4 Å². The molecule has 0 unspecified atom stereocenters. The number of carbonyl (C=O) groups excluding carboxylic acids is 2. The molecule has 3 atom stereocenters. The van der Waals surface area contributed by atoms with Crippen LogP contribution < -0.4 is 5.32 Å². The zero-order chi connectivity index (χ0) is 15.3. The maximum atomic E-state index is 12.7. The van der Waals surface area contributed by atoms with Gasteiger partial charge in [0.2, 0.25) is 0 Å². The van der Waals surface area contributed by atoms with Crippen LogP contribution in [0.1, 0.15) is 52.4 Å². The third kappa shape index (κ3) is 2.67. The molecule has 1 N–H and O–H groups in total. The first-order chi connectivity index (χ1) is 9.86. The lowest BCUT2D eigenvalue weighted by Crippen LogP contribution is -2.57. The van der Waals surface area contributed by atoms with Gasteiger partial charge >= 0.3 is 5.97 Å². The highest BCUT2D eigenvalue weighted by Gasteiger charge is 2.61. The standard InChI is InChI=1S/C16H24ClNO3/c1-3-18-13(19)10(2)21-14(20)15-5-11-4-12(6-15)8-16(17,7-11)9-15/h10-12H,3-9H2,1-2H3,(H,18,19)/t10-,11-,12-,15?,16?/m0/s1. The van der Waals surface area contributed by atoms with Crippen molar-refractivity contribution >= 4 is 23.5 Å². The summed E-state index contributed by atoms with van der Waals surface area (Å²) < 4.78 is 5.48. The van der Waals surface area contributed by atoms with Gasteiger partial charge in [0.15, 0.2) is 6.10 Å². The van der Waals surface area contributed by atoms with Gasteiger partial charge < -0.3 is 10.1 Å². The highest BCUT2D eigenvalue weighted by atomic mass is 35.5. The summed E-state index contributed by atoms with van der Waals surface area (Å²) in [4.78, 5) is 24.2. The van der Waals surface area contributed by atoms with Crippen LogP contribution in [0.2, 0.25) is 0 Å². The van der Waals surface area contributed by atoms with Gasteiger partial charge in [-0.2, -0.15) is 0 Å². The minimum Gasteiger partial charge on any atom is -0.452 e. The van der Waals surface area contributed by atoms with E-state index in [9.17, 15) is 9.59 Å². The number of rotatable bonds is 4. The highest BCUT2D eigenvalue weighted by Crippen LogP contribution is 2.64. The van der Waals surface area contributed by atoms with Crippen LogP contribution >= 0.6 is 11.6 Å². The molecule has 4 aliphatic rings. The molecule has 0 heterocycles. The smallest absolute Gasteiger partial charge is 0.312 e. The summed E-state index contributed by atoms with van der Waals surface area (Å²) in [5.41, 5.74) is -0.438. The summed E-state index contributed by atoms with van der Waals surface area (Å²) in [6.45, 7) is 4.03. The van der Waals surface area contributed by atoms with E-state index >= 15 is 0 Å². The second-order valence-electron chi connectivity index (χ2n) is 7.33. The van der Waals surface area contributed by atoms with Crippen LogP contribution in [0, 0.1) is 17.3 Å². The molecule has 0 aromatic heterocycles. The van der Waals surface area contributed by atoms with Crippen LogP contribution in [0.5, 0.6) is 0 Å². The third-order valence-corrected chi connectivity index (χ3v) is 5.87. The largest absolute Gasteiger partial charge is 0.452 e. The number of nitrogens with one attached hydrogen (secondary N) is 1. The van der Waals surface area contributed by atoms with Gasteiger partial charge in [0.05, 0.1) is 5.41 Å². The predicted molar refractivity (Wildman–Crippen MR) is 79.9 cm³/mol. The van der Waals surface area contributed by atoms with E-state index in [-0.39, 0.29) is 16.8 Å². The number of alkyl halides is 1. The van der Waals surface area contributed by atoms with Crippen molar-refractivity contribution in [1.82, 2.24) is 5.32 Å². The molecule has 0 saturated heterocycles. The molecule has 4 nitrogen and oxygen atoms in total. The molecule has 0 spiro atoms. The highest BCUT2D eigenvalue weighted by molar-refractivity contribution is 6.24. The van der Waals surface area contributed by atoms with E-state index in [0.717, 1.165) is 32.1 Å². The Hall–Kier alpha value is -0.770. The van der Waals surface area contributed by atoms with E-state index in [4.69, 9.17) is 16.3 Å². The lowest BCUT2D eigenvalue weighted by atomic mass is 9.49. The molecule has 4 fully saturated rings. The van der Waals surface area contributed by atoms with Gasteiger partial charge in [-0.15, -0.1) is 11.6 Å². The van der Waals surface area contributed by atoms with Crippen molar-refractivity contribution in [3.05, 3.63) is 0 Å². The zero-order valence-electron chi connectivity index (χ0n) is 12.8. The number of esters is 1. The predicted octanol–water partition coefficient (Wildman–Crippen LogP) is 2.63. The molecule has 118 valence electrons. The van der Waals surface area contributed by atoms with E-state index in [2.05, 4.69) is 5.32 Å². The fourth-order valence-corrected chi connectivity index (χ4v) is 5.74. The van der Waals surface area contributed by atoms with E-state index in [0.29, 0.717) is 18.4 Å². The summed E-state index contributed by atoms with van der Waals surface area (Å²) in [6, 6.07) is 0. The normalized spacial score (nSPS) is 41.7. The molecule has 1 amide bonds. The summed E-state index contributed by atoms with van der Waals surface area (Å²) in [5.74, 6) is 0.670. The van der Waals surface area contributed by atoms with Gasteiger partial charge in [0, 0.05) is 11.4 Å². The SMILES string of the molecule is CCNC(=O)[C@H](C)OC(=O)C12C[C@@H]3C[C@H](CC(Cl)(C3)C1)C2. The summed E-state index contributed by atoms with van der Waals surface area (Å²) in [6.07, 6.45) is 5.04. The third-order valence-electron chi connectivity index (χ3n) is 5.43. The van der Waals surface area contributed by atoms with Crippen LogP contribution in [-0.4, -0.2) is 29.4 Å². The van der Waals surface area contributed by atoms with Gasteiger partial charge in [-0.1, -0.05) is 0 Å². The number of hydrogen-bond acceptors (Lipinski definition) is 3. The maximum absolute atomic E-state index is 12.7. The average Bonchev–Trinajstić information content (AvgIpc) is 2.35. The molecule has 5 heteroatoms. The number of halogens is 1. The van der Waals surface area contributed by atoms with Crippen molar-refractivity contribution in [2.75, 3.05) is 6.54 Å². The zero-order valence-corrected chi connectivity index (χ0v) is 13.5. The molecule has 0 aromatic carbocycles. The van der Waals surface area contributed by atoms with Crippen LogP contribution in [0.4, 0.5) is 0 Å². The fraction of sp³-hybridized carbons (Fsp3) is 0.875. The van der Waals surface area contributed by atoms with Crippen molar-refractivity contribution in [1.29, 1.82) is 0 Å². The van der Waals surface area contributed by atoms with Crippen LogP contribution in [0.15, 0.2) is 0 Å². The first-order valence-electron chi connectivity index (χ1n) is 8.03. The minimum atomic E-state index is -0.725. The second kappa shape index (κ2) is 5.15. The van der Waals surface area contributed by atoms with Gasteiger partial charge in [0.1, 0.15) is 0 Å². The Morgan fingerprint density at radius 1 is 1.29 bits per heavy atom. The van der Waals surface area contributed by atoms with Gasteiger partial charge in [0.25, 0.3) is 5.91 Å². The Labute approximate surface area is 130 Å². The molecule has 4 saturated carbocycles. The van der Waals surface area contributed by atoms with Crippen molar-refractivity contribution in [3.63, 3.8) is 0 Å². The summed E-state index contributed by atoms with van der Waals surface area (Å²) >= 11 is 6.73. The first-order valence-corrected chi connectivity index (χ1v) is 8.41. The van der Waals surface area contributed by atoms with E-state index in [1.165, 1.54) is 6.42 Å². The Bertz CT molecular complexity index is 450. The van der Waals surface area contributed by atoms with E-state index in [1.807, 2.05) is 6.92 Å². The molecule has 4 bridgehead atoms. The Morgan fingerprint density at radius 3 is 2.43 bits per heavy atom. The lowest BCUT2D eigenvalue weighted by molar-refractivity contribution is -0.177. The average molecular weight is 314 g/mol.